The predicted molar refractivity (Wildman–Crippen MR) is 210 cm³/mol. The molecule has 0 atom stereocenters. The van der Waals surface area contributed by atoms with Crippen LogP contribution in [-0.2, 0) is 0 Å². The Hall–Kier alpha value is -6.00. The molecule has 0 aliphatic heterocycles. The molecule has 0 unspecified atom stereocenters. The van der Waals surface area contributed by atoms with Gasteiger partial charge in [-0.15, -0.1) is 0 Å². The second kappa shape index (κ2) is 16.0. The van der Waals surface area contributed by atoms with Crippen LogP contribution in [0.25, 0.3) is 60.5 Å². The number of para-hydroxylation sites is 1. The second-order valence-electron chi connectivity index (χ2n) is 11.5. The molecule has 0 radical (unpaired) electrons. The van der Waals surface area contributed by atoms with E-state index in [9.17, 15) is 0 Å². The fourth-order valence-corrected chi connectivity index (χ4v) is 6.04. The molecule has 0 saturated carbocycles. The van der Waals surface area contributed by atoms with Crippen LogP contribution >= 0.6 is 0 Å². The van der Waals surface area contributed by atoms with Crippen LogP contribution in [0.4, 0.5) is 0 Å². The number of aromatic nitrogens is 1. The summed E-state index contributed by atoms with van der Waals surface area (Å²) in [5.74, 6) is 0. The molecule has 6 rings (SSSR count). The Kier molecular flexibility index (Phi) is 11.1. The zero-order chi connectivity index (χ0) is 33.9. The molecule has 0 saturated heterocycles. The second-order valence-corrected chi connectivity index (χ2v) is 11.5. The highest BCUT2D eigenvalue weighted by Crippen LogP contribution is 2.39. The lowest BCUT2D eigenvalue weighted by Crippen LogP contribution is -1.95. The summed E-state index contributed by atoms with van der Waals surface area (Å²) in [5, 5.41) is 4.90. The molecule has 1 heterocycles. The van der Waals surface area contributed by atoms with Gasteiger partial charge >= 0.3 is 0 Å². The highest BCUT2D eigenvalue weighted by molar-refractivity contribution is 6.19. The Morgan fingerprint density at radius 3 is 2.19 bits per heavy atom. The van der Waals surface area contributed by atoms with Crippen molar-refractivity contribution in [1.29, 1.82) is 0 Å². The van der Waals surface area contributed by atoms with E-state index in [-0.39, 0.29) is 0 Å². The van der Waals surface area contributed by atoms with Crippen LogP contribution in [0.15, 0.2) is 165 Å². The number of unbranched alkanes of at least 4 members (excludes halogenated alkanes) is 1. The van der Waals surface area contributed by atoms with Gasteiger partial charge < -0.3 is 21.8 Å². The number of nitrogens with two attached hydrogens (primary N) is 3. The smallest absolute Gasteiger partial charge is 0.0619 e. The van der Waals surface area contributed by atoms with Crippen LogP contribution in [-0.4, -0.2) is 4.57 Å². The number of fused-ring (bicyclic) bond motifs is 5. The van der Waals surface area contributed by atoms with Crippen molar-refractivity contribution in [2.75, 3.05) is 0 Å². The minimum absolute atomic E-state index is 0.923. The third-order valence-electron chi connectivity index (χ3n) is 8.51. The molecule has 0 bridgehead atoms. The molecule has 0 aliphatic rings. The van der Waals surface area contributed by atoms with Gasteiger partial charge in [-0.05, 0) is 114 Å². The van der Waals surface area contributed by atoms with Gasteiger partial charge in [-0.2, -0.15) is 0 Å². The van der Waals surface area contributed by atoms with Crippen LogP contribution in [0.2, 0.25) is 0 Å². The van der Waals surface area contributed by atoms with Gasteiger partial charge in [0.25, 0.3) is 0 Å². The summed E-state index contributed by atoms with van der Waals surface area (Å²) in [7, 11) is 0. The molecule has 48 heavy (non-hydrogen) atoms. The number of rotatable bonds is 9. The first-order chi connectivity index (χ1) is 23.5. The third-order valence-corrected chi connectivity index (χ3v) is 8.51. The number of allylic oxidation sites excluding steroid dienone is 8. The Labute approximate surface area is 284 Å². The Morgan fingerprint density at radius 2 is 1.44 bits per heavy atom. The molecule has 0 amide bonds. The fraction of sp³-hybridized carbons (Fsp3) is 0.0909. The van der Waals surface area contributed by atoms with Crippen LogP contribution in [0.1, 0.15) is 37.8 Å². The molecular formula is C44H44N4. The number of hydrogen-bond acceptors (Lipinski definition) is 3. The van der Waals surface area contributed by atoms with Crippen molar-refractivity contribution < 1.29 is 0 Å². The van der Waals surface area contributed by atoms with Crippen LogP contribution in [0.3, 0.4) is 0 Å². The van der Waals surface area contributed by atoms with Gasteiger partial charge in [-0.25, -0.2) is 0 Å². The maximum Gasteiger partial charge on any atom is 0.0619 e. The average Bonchev–Trinajstić information content (AvgIpc) is 3.47. The molecule has 4 heteroatoms. The predicted octanol–water partition coefficient (Wildman–Crippen LogP) is 10.8. The van der Waals surface area contributed by atoms with Gasteiger partial charge in [0.05, 0.1) is 11.0 Å². The normalized spacial score (nSPS) is 12.5. The molecule has 4 nitrogen and oxygen atoms in total. The fourth-order valence-electron chi connectivity index (χ4n) is 6.04. The van der Waals surface area contributed by atoms with Gasteiger partial charge in [0.1, 0.15) is 0 Å². The monoisotopic (exact) mass is 628 g/mol. The summed E-state index contributed by atoms with van der Waals surface area (Å²) in [6, 6.07) is 37.5. The topological polar surface area (TPSA) is 83.0 Å². The molecule has 240 valence electrons. The van der Waals surface area contributed by atoms with E-state index in [0.717, 1.165) is 35.2 Å². The molecule has 1 aromatic heterocycles. The van der Waals surface area contributed by atoms with Crippen LogP contribution in [0, 0.1) is 0 Å². The first-order valence-corrected chi connectivity index (χ1v) is 16.3. The minimum atomic E-state index is 0.923. The minimum Gasteiger partial charge on any atom is -0.405 e. The van der Waals surface area contributed by atoms with Crippen molar-refractivity contribution in [2.24, 2.45) is 17.2 Å². The Morgan fingerprint density at radius 1 is 0.708 bits per heavy atom. The lowest BCUT2D eigenvalue weighted by Gasteiger charge is -2.12. The molecule has 0 spiro atoms. The Bertz CT molecular complexity index is 2190. The van der Waals surface area contributed by atoms with Gasteiger partial charge in [0.15, 0.2) is 0 Å². The van der Waals surface area contributed by atoms with E-state index in [2.05, 4.69) is 158 Å². The van der Waals surface area contributed by atoms with E-state index in [1.165, 1.54) is 55.5 Å². The molecule has 5 aromatic carbocycles. The van der Waals surface area contributed by atoms with Crippen molar-refractivity contribution >= 4 is 43.7 Å². The van der Waals surface area contributed by atoms with Crippen molar-refractivity contribution in [3.8, 4) is 16.8 Å². The van der Waals surface area contributed by atoms with Crippen molar-refractivity contribution in [3.05, 3.63) is 176 Å². The van der Waals surface area contributed by atoms with Gasteiger partial charge in [0.2, 0.25) is 0 Å². The number of hydrogen-bond donors (Lipinski definition) is 3. The first-order valence-electron chi connectivity index (χ1n) is 16.3. The molecular weight excluding hydrogens is 585 g/mol. The lowest BCUT2D eigenvalue weighted by atomic mass is 9.96. The van der Waals surface area contributed by atoms with Crippen LogP contribution in [0.5, 0.6) is 0 Å². The zero-order valence-electron chi connectivity index (χ0n) is 27.8. The molecule has 0 fully saturated rings. The summed E-state index contributed by atoms with van der Waals surface area (Å²) in [5.41, 5.74) is 26.7. The van der Waals surface area contributed by atoms with E-state index in [1.54, 1.807) is 12.4 Å². The van der Waals surface area contributed by atoms with E-state index in [1.807, 2.05) is 12.2 Å². The summed E-state index contributed by atoms with van der Waals surface area (Å²) in [4.78, 5) is 0. The summed E-state index contributed by atoms with van der Waals surface area (Å²) < 4.78 is 2.40. The average molecular weight is 629 g/mol. The van der Waals surface area contributed by atoms with Gasteiger partial charge in [0, 0.05) is 28.0 Å². The zero-order valence-corrected chi connectivity index (χ0v) is 27.8. The van der Waals surface area contributed by atoms with Gasteiger partial charge in [-0.3, -0.25) is 0 Å². The summed E-state index contributed by atoms with van der Waals surface area (Å²) in [6.45, 7) is 7.39. The lowest BCUT2D eigenvalue weighted by molar-refractivity contribution is 1.05. The highest BCUT2D eigenvalue weighted by Gasteiger charge is 2.16. The quantitative estimate of drug-likeness (QED) is 0.110. The third kappa shape index (κ3) is 7.19. The van der Waals surface area contributed by atoms with Crippen molar-refractivity contribution in [1.82, 2.24) is 4.57 Å². The molecule has 6 aromatic rings. The number of benzene rings is 5. The van der Waals surface area contributed by atoms with E-state index < -0.39 is 0 Å². The maximum absolute atomic E-state index is 6.16. The van der Waals surface area contributed by atoms with E-state index in [4.69, 9.17) is 11.5 Å². The van der Waals surface area contributed by atoms with Crippen molar-refractivity contribution in [3.63, 3.8) is 0 Å². The van der Waals surface area contributed by atoms with E-state index in [0.29, 0.717) is 0 Å². The molecule has 6 N–H and O–H groups in total. The van der Waals surface area contributed by atoms with E-state index >= 15 is 0 Å². The largest absolute Gasteiger partial charge is 0.405 e. The maximum atomic E-state index is 6.16. The summed E-state index contributed by atoms with van der Waals surface area (Å²) >= 11 is 0. The SMILES string of the molecule is C/C=C(\C)c1cccc(-c2ccc3c(ccc4c5ccc(C(/C=C\CC/C=C\C=C/N)=C/N)cc5n(-c5ccccc5)c34)c2)c1.C=CN. The van der Waals surface area contributed by atoms with Crippen LogP contribution < -0.4 is 17.2 Å². The Balaban J connectivity index is 0.00000145. The number of nitrogens with zero attached hydrogens (tertiary/aromatic N) is 1. The standard InChI is InChI=1S/C42H39N3.C2H5N/c1-3-30(2)31-15-13-16-32(26-31)33-19-22-38-35(27-33)21-24-40-39-23-20-34(36(29-44)14-9-6-4-5-7-12-25-43)28-41(39)45(42(38)40)37-17-10-8-11-18-37;1-2-3/h3,5,7-29H,4,6,43-44H2,1-2H3;2H,1,3H2/b7-5-,14-9-,25-12-,30-3+,36-29+;. The van der Waals surface area contributed by atoms with Crippen molar-refractivity contribution in [2.45, 2.75) is 26.7 Å². The molecule has 0 aliphatic carbocycles. The summed E-state index contributed by atoms with van der Waals surface area (Å²) in [6.07, 6.45) is 18.7. The highest BCUT2D eigenvalue weighted by atomic mass is 15.0. The first kappa shape index (κ1) is 33.4. The van der Waals surface area contributed by atoms with Gasteiger partial charge in [-0.1, -0.05) is 110 Å².